The molecule has 0 spiro atoms. The van der Waals surface area contributed by atoms with Crippen LogP contribution in [0.1, 0.15) is 23.7 Å². The Bertz CT molecular complexity index is 1010. The van der Waals surface area contributed by atoms with Crippen LogP contribution in [0.2, 0.25) is 5.02 Å². The SMILES string of the molecule is CCN1C(=O)C(CC(=O)Nc2ccccc2OC)N(NC(=O)c2ccc(Cl)cc2)C1=S. The Balaban J connectivity index is 1.77. The number of anilines is 1. The normalized spacial score (nSPS) is 15.8. The maximum atomic E-state index is 12.9. The number of carbonyl (C=O) groups excluding carboxylic acids is 3. The van der Waals surface area contributed by atoms with Gasteiger partial charge in [-0.25, -0.2) is 5.01 Å². The van der Waals surface area contributed by atoms with Gasteiger partial charge in [-0.05, 0) is 55.5 Å². The number of hydrogen-bond donors (Lipinski definition) is 2. The highest BCUT2D eigenvalue weighted by Gasteiger charge is 2.44. The van der Waals surface area contributed by atoms with E-state index < -0.39 is 17.9 Å². The van der Waals surface area contributed by atoms with Crippen LogP contribution in [-0.4, -0.2) is 52.4 Å². The lowest BCUT2D eigenvalue weighted by atomic mass is 10.1. The Hall–Kier alpha value is -3.17. The van der Waals surface area contributed by atoms with Gasteiger partial charge in [0.25, 0.3) is 11.8 Å². The second kappa shape index (κ2) is 9.76. The molecule has 0 aromatic heterocycles. The summed E-state index contributed by atoms with van der Waals surface area (Å²) >= 11 is 11.2. The summed E-state index contributed by atoms with van der Waals surface area (Å²) in [6.07, 6.45) is -0.214. The zero-order valence-corrected chi connectivity index (χ0v) is 18.5. The van der Waals surface area contributed by atoms with E-state index in [1.54, 1.807) is 55.5 Å². The number of hydrazine groups is 1. The van der Waals surface area contributed by atoms with E-state index in [4.69, 9.17) is 28.6 Å². The van der Waals surface area contributed by atoms with Crippen LogP contribution < -0.4 is 15.5 Å². The fourth-order valence-electron chi connectivity index (χ4n) is 3.14. The quantitative estimate of drug-likeness (QED) is 0.617. The molecule has 31 heavy (non-hydrogen) atoms. The lowest BCUT2D eigenvalue weighted by Crippen LogP contribution is -2.49. The first kappa shape index (κ1) is 22.5. The summed E-state index contributed by atoms with van der Waals surface area (Å²) in [5, 5.41) is 4.62. The predicted octanol–water partition coefficient (Wildman–Crippen LogP) is 2.84. The minimum atomic E-state index is -0.974. The molecule has 1 aliphatic rings. The number of para-hydroxylation sites is 2. The standard InChI is InChI=1S/C21H21ClN4O4S/c1-3-25-20(29)16(12-18(27)23-15-6-4-5-7-17(15)30-2)26(21(25)31)24-19(28)13-8-10-14(22)11-9-13/h4-11,16H,3,12H2,1-2H3,(H,23,27)(H,24,28). The highest BCUT2D eigenvalue weighted by atomic mass is 35.5. The zero-order chi connectivity index (χ0) is 22.5. The lowest BCUT2D eigenvalue weighted by molar-refractivity contribution is -0.130. The van der Waals surface area contributed by atoms with Gasteiger partial charge in [-0.3, -0.25) is 24.7 Å². The Labute approximate surface area is 190 Å². The maximum Gasteiger partial charge on any atom is 0.269 e. The van der Waals surface area contributed by atoms with Crippen molar-refractivity contribution in [2.75, 3.05) is 19.0 Å². The molecule has 0 bridgehead atoms. The van der Waals surface area contributed by atoms with Crippen LogP contribution in [0.25, 0.3) is 0 Å². The molecule has 1 heterocycles. The highest BCUT2D eigenvalue weighted by Crippen LogP contribution is 2.25. The molecule has 2 aromatic rings. The van der Waals surface area contributed by atoms with E-state index in [0.717, 1.165) is 0 Å². The average molecular weight is 461 g/mol. The van der Waals surface area contributed by atoms with Crippen LogP contribution in [0.3, 0.4) is 0 Å². The topological polar surface area (TPSA) is 91.0 Å². The molecule has 1 unspecified atom stereocenters. The predicted molar refractivity (Wildman–Crippen MR) is 121 cm³/mol. The van der Waals surface area contributed by atoms with Crippen LogP contribution >= 0.6 is 23.8 Å². The van der Waals surface area contributed by atoms with Crippen molar-refractivity contribution in [3.8, 4) is 5.75 Å². The van der Waals surface area contributed by atoms with Crippen LogP contribution in [-0.2, 0) is 9.59 Å². The second-order valence-corrected chi connectivity index (χ2v) is 7.45. The van der Waals surface area contributed by atoms with Crippen molar-refractivity contribution in [2.45, 2.75) is 19.4 Å². The number of methoxy groups -OCH3 is 1. The number of likely N-dealkylation sites (N-methyl/N-ethyl adjacent to an activating group) is 1. The number of halogens is 1. The summed E-state index contributed by atoms with van der Waals surface area (Å²) in [5.41, 5.74) is 3.46. The molecule has 1 saturated heterocycles. The van der Waals surface area contributed by atoms with Crippen LogP contribution in [0.5, 0.6) is 5.75 Å². The average Bonchev–Trinajstić information content (AvgIpc) is 2.97. The number of hydrogen-bond acceptors (Lipinski definition) is 5. The monoisotopic (exact) mass is 460 g/mol. The third-order valence-corrected chi connectivity index (χ3v) is 5.37. The first-order chi connectivity index (χ1) is 14.8. The van der Waals surface area contributed by atoms with E-state index >= 15 is 0 Å². The minimum Gasteiger partial charge on any atom is -0.495 e. The Morgan fingerprint density at radius 3 is 2.48 bits per heavy atom. The van der Waals surface area contributed by atoms with E-state index in [1.165, 1.54) is 17.0 Å². The van der Waals surface area contributed by atoms with E-state index in [2.05, 4.69) is 10.7 Å². The molecule has 2 aromatic carbocycles. The molecule has 2 N–H and O–H groups in total. The molecular formula is C21H21ClN4O4S. The van der Waals surface area contributed by atoms with Crippen molar-refractivity contribution in [2.24, 2.45) is 0 Å². The largest absolute Gasteiger partial charge is 0.495 e. The summed E-state index contributed by atoms with van der Waals surface area (Å²) in [6.45, 7) is 2.08. The molecule has 3 rings (SSSR count). The van der Waals surface area contributed by atoms with Crippen molar-refractivity contribution >= 4 is 52.3 Å². The van der Waals surface area contributed by atoms with Crippen molar-refractivity contribution < 1.29 is 19.1 Å². The molecule has 10 heteroatoms. The Kier molecular flexibility index (Phi) is 7.09. The molecule has 0 radical (unpaired) electrons. The summed E-state index contributed by atoms with van der Waals surface area (Å²) in [4.78, 5) is 39.6. The van der Waals surface area contributed by atoms with Gasteiger partial charge in [0, 0.05) is 17.1 Å². The Morgan fingerprint density at radius 1 is 1.16 bits per heavy atom. The summed E-state index contributed by atoms with van der Waals surface area (Å²) in [6, 6.07) is 12.2. The van der Waals surface area contributed by atoms with Crippen molar-refractivity contribution in [3.63, 3.8) is 0 Å². The van der Waals surface area contributed by atoms with Gasteiger partial charge in [0.2, 0.25) is 5.91 Å². The van der Waals surface area contributed by atoms with Crippen LogP contribution in [0.4, 0.5) is 5.69 Å². The summed E-state index contributed by atoms with van der Waals surface area (Å²) in [5.74, 6) is -0.763. The third kappa shape index (κ3) is 4.95. The molecule has 162 valence electrons. The number of ether oxygens (including phenoxy) is 1. The molecule has 3 amide bonds. The third-order valence-electron chi connectivity index (χ3n) is 4.70. The molecule has 1 aliphatic heterocycles. The van der Waals surface area contributed by atoms with Gasteiger partial charge >= 0.3 is 0 Å². The van der Waals surface area contributed by atoms with Gasteiger partial charge < -0.3 is 10.1 Å². The van der Waals surface area contributed by atoms with Crippen molar-refractivity contribution in [3.05, 3.63) is 59.1 Å². The fraction of sp³-hybridized carbons (Fsp3) is 0.238. The number of benzene rings is 2. The second-order valence-electron chi connectivity index (χ2n) is 6.65. The maximum absolute atomic E-state index is 12.9. The van der Waals surface area contributed by atoms with Crippen LogP contribution in [0.15, 0.2) is 48.5 Å². The molecule has 0 saturated carbocycles. The molecular weight excluding hydrogens is 440 g/mol. The van der Waals surface area contributed by atoms with E-state index in [0.29, 0.717) is 28.6 Å². The van der Waals surface area contributed by atoms with E-state index in [9.17, 15) is 14.4 Å². The first-order valence-corrected chi connectivity index (χ1v) is 10.3. The van der Waals surface area contributed by atoms with Crippen molar-refractivity contribution in [1.82, 2.24) is 15.3 Å². The zero-order valence-electron chi connectivity index (χ0n) is 16.9. The molecule has 1 fully saturated rings. The number of carbonyl (C=O) groups is 3. The van der Waals surface area contributed by atoms with Gasteiger partial charge in [0.15, 0.2) is 5.11 Å². The minimum absolute atomic E-state index is 0.130. The Morgan fingerprint density at radius 2 is 1.84 bits per heavy atom. The van der Waals surface area contributed by atoms with Gasteiger partial charge in [0.05, 0.1) is 19.2 Å². The number of thiocarbonyl (C=S) groups is 1. The smallest absolute Gasteiger partial charge is 0.269 e. The van der Waals surface area contributed by atoms with E-state index in [1.807, 2.05) is 0 Å². The van der Waals surface area contributed by atoms with E-state index in [-0.39, 0.29) is 17.4 Å². The van der Waals surface area contributed by atoms with Crippen LogP contribution in [0, 0.1) is 0 Å². The summed E-state index contributed by atoms with van der Waals surface area (Å²) < 4.78 is 5.23. The molecule has 8 nitrogen and oxygen atoms in total. The number of rotatable bonds is 7. The number of nitrogens with zero attached hydrogens (tertiary/aromatic N) is 2. The van der Waals surface area contributed by atoms with Gasteiger partial charge in [-0.1, -0.05) is 23.7 Å². The first-order valence-electron chi connectivity index (χ1n) is 9.49. The van der Waals surface area contributed by atoms with Crippen molar-refractivity contribution in [1.29, 1.82) is 0 Å². The highest BCUT2D eigenvalue weighted by molar-refractivity contribution is 7.80. The molecule has 1 atom stereocenters. The fourth-order valence-corrected chi connectivity index (χ4v) is 3.66. The number of nitrogens with one attached hydrogen (secondary N) is 2. The lowest BCUT2D eigenvalue weighted by Gasteiger charge is -2.24. The molecule has 0 aliphatic carbocycles. The van der Waals surface area contributed by atoms with Gasteiger partial charge in [0.1, 0.15) is 11.8 Å². The van der Waals surface area contributed by atoms with Gasteiger partial charge in [-0.15, -0.1) is 0 Å². The summed E-state index contributed by atoms with van der Waals surface area (Å²) in [7, 11) is 1.50. The van der Waals surface area contributed by atoms with Gasteiger partial charge in [-0.2, -0.15) is 0 Å². The number of amides is 3.